The number of ether oxygens (including phenoxy) is 2. The van der Waals surface area contributed by atoms with E-state index in [1.807, 2.05) is 24.3 Å². The maximum atomic E-state index is 13.3. The molecule has 0 aliphatic carbocycles. The molecular formula is C31H36ClN3O4. The van der Waals surface area contributed by atoms with Crippen LogP contribution in [0, 0.1) is 0 Å². The van der Waals surface area contributed by atoms with Crippen LogP contribution in [0.2, 0.25) is 5.02 Å². The molecule has 7 nitrogen and oxygen atoms in total. The first-order valence-corrected chi connectivity index (χ1v) is 14.2. The van der Waals surface area contributed by atoms with Gasteiger partial charge in [0.05, 0.1) is 24.9 Å². The van der Waals surface area contributed by atoms with Gasteiger partial charge in [-0.3, -0.25) is 9.69 Å². The van der Waals surface area contributed by atoms with Gasteiger partial charge in [0, 0.05) is 30.3 Å². The van der Waals surface area contributed by atoms with Crippen molar-refractivity contribution in [3.8, 4) is 17.2 Å². The summed E-state index contributed by atoms with van der Waals surface area (Å²) in [6.07, 6.45) is 4.18. The topological polar surface area (TPSA) is 74.3 Å². The lowest BCUT2D eigenvalue weighted by atomic mass is 10.0. The fraction of sp³-hybridized carbons (Fsp3) is 0.387. The molecule has 2 N–H and O–H groups in total. The lowest BCUT2D eigenvalue weighted by Gasteiger charge is -2.34. The van der Waals surface area contributed by atoms with Gasteiger partial charge in [-0.25, -0.2) is 0 Å². The summed E-state index contributed by atoms with van der Waals surface area (Å²) in [6.45, 7) is 3.94. The summed E-state index contributed by atoms with van der Waals surface area (Å²) >= 11 is 6.29. The van der Waals surface area contributed by atoms with Crippen molar-refractivity contribution in [1.29, 1.82) is 0 Å². The van der Waals surface area contributed by atoms with Crippen LogP contribution in [0.4, 0.5) is 11.4 Å². The Morgan fingerprint density at radius 3 is 2.51 bits per heavy atom. The lowest BCUT2D eigenvalue weighted by Crippen LogP contribution is -2.37. The Kier molecular flexibility index (Phi) is 9.24. The monoisotopic (exact) mass is 549 g/mol. The van der Waals surface area contributed by atoms with Crippen molar-refractivity contribution >= 4 is 28.9 Å². The van der Waals surface area contributed by atoms with E-state index < -0.39 is 0 Å². The molecular weight excluding hydrogens is 514 g/mol. The minimum Gasteiger partial charge on any atom is -0.490 e. The molecule has 2 aliphatic heterocycles. The van der Waals surface area contributed by atoms with Gasteiger partial charge in [-0.2, -0.15) is 0 Å². The van der Waals surface area contributed by atoms with Crippen LogP contribution in [-0.2, 0) is 11.3 Å². The number of carbonyl (C=O) groups is 1. The maximum absolute atomic E-state index is 13.3. The number of aliphatic hydroxyl groups excluding tert-OH is 1. The van der Waals surface area contributed by atoms with Crippen LogP contribution < -0.4 is 19.7 Å². The minimum atomic E-state index is -0.221. The Bertz CT molecular complexity index is 1260. The molecule has 2 aliphatic rings. The first-order valence-electron chi connectivity index (χ1n) is 13.8. The van der Waals surface area contributed by atoms with E-state index in [0.29, 0.717) is 41.1 Å². The highest BCUT2D eigenvalue weighted by Crippen LogP contribution is 2.37. The fourth-order valence-electron chi connectivity index (χ4n) is 5.16. The Balaban J connectivity index is 1.36. The van der Waals surface area contributed by atoms with Crippen molar-refractivity contribution in [2.45, 2.75) is 44.8 Å². The first kappa shape index (κ1) is 27.3. The van der Waals surface area contributed by atoms with Crippen molar-refractivity contribution in [2.24, 2.45) is 0 Å². The third-order valence-corrected chi connectivity index (χ3v) is 7.45. The molecule has 1 saturated heterocycles. The second kappa shape index (κ2) is 13.2. The summed E-state index contributed by atoms with van der Waals surface area (Å²) in [5.74, 6) is 1.64. The summed E-state index contributed by atoms with van der Waals surface area (Å²) in [6, 6.07) is 21.2. The van der Waals surface area contributed by atoms with Crippen molar-refractivity contribution in [2.75, 3.05) is 43.0 Å². The van der Waals surface area contributed by atoms with Crippen molar-refractivity contribution in [1.82, 2.24) is 4.90 Å². The van der Waals surface area contributed by atoms with E-state index in [-0.39, 0.29) is 18.6 Å². The number of nitrogens with one attached hydrogen (secondary N) is 1. The summed E-state index contributed by atoms with van der Waals surface area (Å²) < 4.78 is 12.3. The normalized spacial score (nSPS) is 18.0. The number of amides is 1. The SMILES string of the molecule is O=C1CN(Cc2ccccc2N2CCC(O)CC2)CCCCCOc2ccccc2Oc2ccc(Cl)cc2N1. The Labute approximate surface area is 235 Å². The summed E-state index contributed by atoms with van der Waals surface area (Å²) in [7, 11) is 0. The van der Waals surface area contributed by atoms with Gasteiger partial charge in [0.15, 0.2) is 17.2 Å². The zero-order valence-corrected chi connectivity index (χ0v) is 22.9. The van der Waals surface area contributed by atoms with E-state index in [1.165, 1.54) is 11.3 Å². The minimum absolute atomic E-state index is 0.125. The molecule has 8 heteroatoms. The van der Waals surface area contributed by atoms with Crippen molar-refractivity contribution in [3.05, 3.63) is 77.3 Å². The highest BCUT2D eigenvalue weighted by atomic mass is 35.5. The number of aliphatic hydroxyl groups is 1. The predicted octanol–water partition coefficient (Wildman–Crippen LogP) is 6.10. The largest absolute Gasteiger partial charge is 0.490 e. The van der Waals surface area contributed by atoms with E-state index >= 15 is 0 Å². The molecule has 0 radical (unpaired) electrons. The molecule has 5 rings (SSSR count). The van der Waals surface area contributed by atoms with Gasteiger partial charge >= 0.3 is 0 Å². The van der Waals surface area contributed by atoms with E-state index in [2.05, 4.69) is 39.4 Å². The Morgan fingerprint density at radius 2 is 1.67 bits per heavy atom. The van der Waals surface area contributed by atoms with Crippen LogP contribution >= 0.6 is 11.6 Å². The smallest absolute Gasteiger partial charge is 0.238 e. The lowest BCUT2D eigenvalue weighted by molar-refractivity contribution is -0.117. The number of rotatable bonds is 3. The molecule has 0 saturated carbocycles. The molecule has 2 heterocycles. The Hall–Kier alpha value is -3.26. The quantitative estimate of drug-likeness (QED) is 0.411. The third-order valence-electron chi connectivity index (χ3n) is 7.22. The van der Waals surface area contributed by atoms with Crippen LogP contribution in [0.3, 0.4) is 0 Å². The molecule has 0 atom stereocenters. The number of benzene rings is 3. The van der Waals surface area contributed by atoms with Gasteiger partial charge in [-0.05, 0) is 80.6 Å². The van der Waals surface area contributed by atoms with Gasteiger partial charge < -0.3 is 24.8 Å². The van der Waals surface area contributed by atoms with Crippen LogP contribution in [0.1, 0.15) is 37.7 Å². The van der Waals surface area contributed by atoms with Crippen molar-refractivity contribution in [3.63, 3.8) is 0 Å². The van der Waals surface area contributed by atoms with Crippen LogP contribution in [0.15, 0.2) is 66.7 Å². The van der Waals surface area contributed by atoms with Gasteiger partial charge in [0.1, 0.15) is 0 Å². The highest BCUT2D eigenvalue weighted by Gasteiger charge is 2.21. The zero-order valence-electron chi connectivity index (χ0n) is 22.2. The van der Waals surface area contributed by atoms with Crippen molar-refractivity contribution < 1.29 is 19.4 Å². The number of piperidine rings is 1. The molecule has 0 spiro atoms. The maximum Gasteiger partial charge on any atom is 0.238 e. The zero-order chi connectivity index (χ0) is 27.0. The number of halogens is 1. The molecule has 206 valence electrons. The third kappa shape index (κ3) is 7.44. The molecule has 0 unspecified atom stereocenters. The van der Waals surface area contributed by atoms with Gasteiger partial charge in [0.25, 0.3) is 0 Å². The van der Waals surface area contributed by atoms with E-state index in [1.54, 1.807) is 18.2 Å². The molecule has 3 aromatic carbocycles. The summed E-state index contributed by atoms with van der Waals surface area (Å²) in [5.41, 5.74) is 2.88. The number of hydrogen-bond acceptors (Lipinski definition) is 6. The number of carbonyl (C=O) groups excluding carboxylic acids is 1. The molecule has 0 aromatic heterocycles. The second-order valence-electron chi connectivity index (χ2n) is 10.2. The van der Waals surface area contributed by atoms with Gasteiger partial charge in [0.2, 0.25) is 5.91 Å². The van der Waals surface area contributed by atoms with Gasteiger partial charge in [-0.1, -0.05) is 41.9 Å². The van der Waals surface area contributed by atoms with Gasteiger partial charge in [-0.15, -0.1) is 0 Å². The average molecular weight is 550 g/mol. The number of fused-ring (bicyclic) bond motifs is 2. The summed E-state index contributed by atoms with van der Waals surface area (Å²) in [4.78, 5) is 17.9. The van der Waals surface area contributed by atoms with E-state index in [4.69, 9.17) is 21.1 Å². The number of hydrogen-bond donors (Lipinski definition) is 2. The van der Waals surface area contributed by atoms with Crippen LogP contribution in [-0.4, -0.2) is 54.8 Å². The number of para-hydroxylation sites is 3. The predicted molar refractivity (Wildman–Crippen MR) is 155 cm³/mol. The standard InChI is InChI=1S/C31H36ClN3O4/c32-24-12-13-28-26(20-24)33-31(37)22-34(16-6-1-7-19-38-29-10-4-5-11-30(29)39-28)21-23-8-2-3-9-27(23)35-17-14-25(36)15-18-35/h2-5,8-13,20,25,36H,1,6-7,14-19,21-22H2,(H,33,37). The summed E-state index contributed by atoms with van der Waals surface area (Å²) in [5, 5.41) is 13.5. The Morgan fingerprint density at radius 1 is 0.897 bits per heavy atom. The van der Waals surface area contributed by atoms with Crippen LogP contribution in [0.25, 0.3) is 0 Å². The molecule has 3 aromatic rings. The second-order valence-corrected chi connectivity index (χ2v) is 10.6. The van der Waals surface area contributed by atoms with E-state index in [0.717, 1.165) is 51.7 Å². The first-order chi connectivity index (χ1) is 19.0. The van der Waals surface area contributed by atoms with Crippen LogP contribution in [0.5, 0.6) is 17.2 Å². The van der Waals surface area contributed by atoms with E-state index in [9.17, 15) is 9.90 Å². The number of nitrogens with zero attached hydrogens (tertiary/aromatic N) is 2. The molecule has 39 heavy (non-hydrogen) atoms. The molecule has 0 bridgehead atoms. The molecule has 1 fully saturated rings. The fourth-order valence-corrected chi connectivity index (χ4v) is 5.34. The highest BCUT2D eigenvalue weighted by molar-refractivity contribution is 6.31. The molecule has 1 amide bonds. The average Bonchev–Trinajstić information content (AvgIpc) is 2.93. The number of anilines is 2.